The maximum Gasteiger partial charge on any atom is 0.309 e. The first-order valence-electron chi connectivity index (χ1n) is 23.4. The average Bonchev–Trinajstić information content (AvgIpc) is 3.52. The van der Waals surface area contributed by atoms with Crippen molar-refractivity contribution >= 4 is 35.3 Å². The minimum absolute atomic E-state index is 0.0796. The normalized spacial score (nSPS) is 25.0. The number of likely N-dealkylation sites (N-methyl/N-ethyl adjacent to an activating group) is 1. The molecule has 378 valence electrons. The molecular weight excluding hydrogens is 861 g/mol. The number of hydrogen-bond donors (Lipinski definition) is 7. The molecule has 3 fully saturated rings. The zero-order chi connectivity index (χ0) is 49.9. The van der Waals surface area contributed by atoms with Crippen LogP contribution in [0.4, 0.5) is 0 Å². The van der Waals surface area contributed by atoms with Crippen LogP contribution in [-0.4, -0.2) is 166 Å². The zero-order valence-electron chi connectivity index (χ0n) is 40.5. The number of carbonyl (C=O) groups is 6. The second kappa shape index (κ2) is 28.6. The van der Waals surface area contributed by atoms with Crippen LogP contribution < -0.4 is 5.32 Å². The maximum atomic E-state index is 12.9. The summed E-state index contributed by atoms with van der Waals surface area (Å²) in [6.45, 7) is 11.7. The number of Topliss-reactive ketones (excluding diaryl/α,β-unsaturated/α-hetero) is 2. The number of ketones is 2. The lowest BCUT2D eigenvalue weighted by atomic mass is 9.89. The number of nitrogens with one attached hydrogen (secondary N) is 1. The first kappa shape index (κ1) is 58.5. The van der Waals surface area contributed by atoms with Crippen molar-refractivity contribution in [3.63, 3.8) is 0 Å². The highest BCUT2D eigenvalue weighted by molar-refractivity contribution is 5.90. The molecule has 18 heteroatoms. The Bertz CT molecular complexity index is 1610. The molecule has 66 heavy (non-hydrogen) atoms. The highest BCUT2D eigenvalue weighted by Gasteiger charge is 2.40. The van der Waals surface area contributed by atoms with E-state index in [1.807, 2.05) is 34.6 Å². The fourth-order valence-electron chi connectivity index (χ4n) is 8.09. The van der Waals surface area contributed by atoms with Gasteiger partial charge in [0.15, 0.2) is 11.6 Å². The van der Waals surface area contributed by atoms with Crippen molar-refractivity contribution in [2.75, 3.05) is 34.4 Å². The second-order valence-corrected chi connectivity index (χ2v) is 19.3. The molecule has 3 rings (SSSR count). The summed E-state index contributed by atoms with van der Waals surface area (Å²) in [7, 11) is 4.03. The summed E-state index contributed by atoms with van der Waals surface area (Å²) in [4.78, 5) is 76.4. The molecule has 0 unspecified atom stereocenters. The molecule has 1 saturated carbocycles. The van der Waals surface area contributed by atoms with Crippen LogP contribution in [0.25, 0.3) is 0 Å². The van der Waals surface area contributed by atoms with Gasteiger partial charge in [-0.3, -0.25) is 28.8 Å². The van der Waals surface area contributed by atoms with Crippen molar-refractivity contribution in [1.29, 1.82) is 0 Å². The number of aliphatic hydroxyl groups excluding tert-OH is 6. The first-order chi connectivity index (χ1) is 30.9. The van der Waals surface area contributed by atoms with Gasteiger partial charge in [-0.15, -0.1) is 0 Å². The Balaban J connectivity index is 0.000000457. The summed E-state index contributed by atoms with van der Waals surface area (Å²) in [6.07, 6.45) is -0.707. The van der Waals surface area contributed by atoms with Gasteiger partial charge in [-0.1, -0.05) is 85.1 Å². The number of methoxy groups -OCH3 is 2. The molecule has 0 aromatic rings. The highest BCUT2D eigenvalue weighted by atomic mass is 16.6. The van der Waals surface area contributed by atoms with Gasteiger partial charge >= 0.3 is 11.9 Å². The van der Waals surface area contributed by atoms with Gasteiger partial charge in [0.05, 0.1) is 19.0 Å². The predicted octanol–water partition coefficient (Wildman–Crippen LogP) is 2.11. The van der Waals surface area contributed by atoms with Gasteiger partial charge in [-0.25, -0.2) is 0 Å². The minimum atomic E-state index is -1.68. The van der Waals surface area contributed by atoms with Crippen molar-refractivity contribution in [3.05, 3.63) is 24.3 Å². The van der Waals surface area contributed by atoms with Gasteiger partial charge in [0.25, 0.3) is 0 Å². The third-order valence-electron chi connectivity index (χ3n) is 12.1. The van der Waals surface area contributed by atoms with Crippen LogP contribution in [0.3, 0.4) is 0 Å². The van der Waals surface area contributed by atoms with Crippen molar-refractivity contribution in [3.8, 4) is 0 Å². The molecule has 7 N–H and O–H groups in total. The van der Waals surface area contributed by atoms with Crippen LogP contribution in [0.15, 0.2) is 24.3 Å². The monoisotopic (exact) mass is 941 g/mol. The van der Waals surface area contributed by atoms with E-state index in [4.69, 9.17) is 18.9 Å². The Morgan fingerprint density at radius 3 is 1.74 bits per heavy atom. The number of nitrogens with zero attached hydrogens (tertiary/aromatic N) is 1. The Morgan fingerprint density at radius 1 is 0.712 bits per heavy atom. The molecule has 3 aliphatic rings. The third-order valence-corrected chi connectivity index (χ3v) is 12.1. The topological polar surface area (TPSA) is 276 Å². The van der Waals surface area contributed by atoms with E-state index in [1.165, 1.54) is 31.3 Å². The zero-order valence-corrected chi connectivity index (χ0v) is 40.5. The van der Waals surface area contributed by atoms with Crippen molar-refractivity contribution < 1.29 is 78.4 Å². The minimum Gasteiger partial charge on any atom is -0.460 e. The maximum absolute atomic E-state index is 12.9. The fourth-order valence-corrected chi connectivity index (χ4v) is 8.09. The van der Waals surface area contributed by atoms with E-state index in [9.17, 15) is 59.4 Å². The van der Waals surface area contributed by atoms with Gasteiger partial charge in [-0.2, -0.15) is 0 Å². The van der Waals surface area contributed by atoms with E-state index in [-0.39, 0.29) is 73.4 Å². The molecule has 2 aliphatic heterocycles. The number of amides is 2. The van der Waals surface area contributed by atoms with E-state index in [0.29, 0.717) is 25.7 Å². The standard InChI is InChI=1S/C26H43NO8.C22H37NO8/c1-26(2,3)13-12-19(28)21(30)22(31)23(34-4)20(29)14-17-10-11-18(15-27-24(17)32)35-25(33)16-8-6-5-7-9-16;1-6-18(26)31-15-9-8-14(22(29)23(4)12-15)11-17(25)21(30-5)20(28)19(27)16(24)10-7-13(2)3/h12-13,16-19,21-23,28,30-31H,5-11,14-15H2,1-4H3,(H,27,32);7,10,13-16,19-21,24,27-28H,6,8-9,11-12H2,1-5H3/b13-12+;10-7+/t17-,18-,19-,21+,22-,23+;14-,15+,16-,19+,20-,21+/m11/s1. The Hall–Kier alpha value is -3.62. The van der Waals surface area contributed by atoms with E-state index >= 15 is 0 Å². The molecule has 2 heterocycles. The van der Waals surface area contributed by atoms with Crippen LogP contribution in [0.5, 0.6) is 0 Å². The van der Waals surface area contributed by atoms with Gasteiger partial charge in [0.1, 0.15) is 61.0 Å². The molecule has 2 saturated heterocycles. The number of aliphatic hydroxyl groups is 6. The summed E-state index contributed by atoms with van der Waals surface area (Å²) in [5.74, 6) is -3.52. The fraction of sp³-hybridized carbons (Fsp3) is 0.792. The van der Waals surface area contributed by atoms with Crippen LogP contribution in [0.2, 0.25) is 0 Å². The third kappa shape index (κ3) is 19.5. The summed E-state index contributed by atoms with van der Waals surface area (Å²) < 4.78 is 21.2. The van der Waals surface area contributed by atoms with E-state index < -0.39 is 84.4 Å². The lowest BCUT2D eigenvalue weighted by Crippen LogP contribution is -2.48. The first-order valence-corrected chi connectivity index (χ1v) is 23.4. The van der Waals surface area contributed by atoms with Crippen molar-refractivity contribution in [2.45, 2.75) is 180 Å². The summed E-state index contributed by atoms with van der Waals surface area (Å²) in [5.41, 5.74) is -0.239. The number of likely N-dealkylation sites (tertiary alicyclic amines) is 1. The number of rotatable bonds is 21. The number of esters is 2. The molecule has 0 aromatic heterocycles. The van der Waals surface area contributed by atoms with Crippen LogP contribution in [-0.2, 0) is 47.7 Å². The van der Waals surface area contributed by atoms with E-state index in [1.54, 1.807) is 26.1 Å². The quantitative estimate of drug-likeness (QED) is 0.0641. The van der Waals surface area contributed by atoms with Crippen molar-refractivity contribution in [1.82, 2.24) is 10.2 Å². The van der Waals surface area contributed by atoms with Crippen LogP contribution in [0, 0.1) is 29.1 Å². The Labute approximate surface area is 390 Å². The molecular formula is C48H80N2O16. The van der Waals surface area contributed by atoms with Gasteiger partial charge in [0, 0.05) is 52.4 Å². The summed E-state index contributed by atoms with van der Waals surface area (Å²) in [5, 5.41) is 64.5. The molecule has 0 radical (unpaired) electrons. The molecule has 18 nitrogen and oxygen atoms in total. The second-order valence-electron chi connectivity index (χ2n) is 19.3. The molecule has 0 bridgehead atoms. The molecule has 2 amide bonds. The molecule has 12 atom stereocenters. The van der Waals surface area contributed by atoms with Crippen LogP contribution >= 0.6 is 0 Å². The van der Waals surface area contributed by atoms with Gasteiger partial charge in [0.2, 0.25) is 11.8 Å². The van der Waals surface area contributed by atoms with Crippen LogP contribution in [0.1, 0.15) is 119 Å². The van der Waals surface area contributed by atoms with E-state index in [0.717, 1.165) is 32.1 Å². The van der Waals surface area contributed by atoms with Gasteiger partial charge < -0.3 is 59.8 Å². The average molecular weight is 941 g/mol. The number of hydrogen-bond acceptors (Lipinski definition) is 16. The molecule has 0 aromatic carbocycles. The SMILES string of the molecule is CCC(=O)O[C@H]1CC[C@H](CC(=O)[C@H](OC)[C@H](O)[C@@H](O)[C@H](O)/C=C/C(C)C)C(=O)N(C)C1.CO[C@@H](C(=O)C[C@H]1CC[C@@H](OC(=O)C2CCCCC2)CNC1=O)[C@H](O)[C@@H](O)[C@H](O)/C=C/C(C)(C)C. The number of ether oxygens (including phenoxy) is 4. The largest absolute Gasteiger partial charge is 0.460 e. The smallest absolute Gasteiger partial charge is 0.309 e. The lowest BCUT2D eigenvalue weighted by Gasteiger charge is -2.28. The van der Waals surface area contributed by atoms with Gasteiger partial charge in [-0.05, 0) is 49.9 Å². The predicted molar refractivity (Wildman–Crippen MR) is 242 cm³/mol. The number of carbonyl (C=O) groups excluding carboxylic acids is 6. The Kier molecular flexibility index (Phi) is 25.4. The molecule has 1 aliphatic carbocycles. The summed E-state index contributed by atoms with van der Waals surface area (Å²) in [6, 6.07) is 0. The Morgan fingerprint density at radius 2 is 1.23 bits per heavy atom. The van der Waals surface area contributed by atoms with E-state index in [2.05, 4.69) is 5.32 Å². The highest BCUT2D eigenvalue weighted by Crippen LogP contribution is 2.28. The lowest BCUT2D eigenvalue weighted by molar-refractivity contribution is -0.155. The molecule has 0 spiro atoms. The summed E-state index contributed by atoms with van der Waals surface area (Å²) >= 11 is 0. The van der Waals surface area contributed by atoms with Crippen molar-refractivity contribution in [2.24, 2.45) is 29.1 Å². The number of allylic oxidation sites excluding steroid dienone is 2.